The fourth-order valence-corrected chi connectivity index (χ4v) is 3.06. The molecule has 8 nitrogen and oxygen atoms in total. The molecule has 0 radical (unpaired) electrons. The predicted octanol–water partition coefficient (Wildman–Crippen LogP) is 4.20. The molecule has 9 heteroatoms. The van der Waals surface area contributed by atoms with Gasteiger partial charge in [0.25, 0.3) is 0 Å². The van der Waals surface area contributed by atoms with Crippen molar-refractivity contribution in [3.63, 3.8) is 0 Å². The van der Waals surface area contributed by atoms with Crippen LogP contribution in [0.2, 0.25) is 5.02 Å². The second kappa shape index (κ2) is 8.65. The lowest BCUT2D eigenvalue weighted by atomic mass is 9.93. The van der Waals surface area contributed by atoms with Gasteiger partial charge in [-0.1, -0.05) is 18.5 Å². The van der Waals surface area contributed by atoms with E-state index >= 15 is 0 Å². The number of hydrogen-bond donors (Lipinski definition) is 4. The van der Waals surface area contributed by atoms with Crippen molar-refractivity contribution >= 4 is 34.5 Å². The third-order valence-electron chi connectivity index (χ3n) is 5.24. The number of fused-ring (bicyclic) bond motifs is 1. The first-order valence-electron chi connectivity index (χ1n) is 9.98. The van der Waals surface area contributed by atoms with Crippen LogP contribution in [0.1, 0.15) is 46.2 Å². The number of benzene rings is 1. The van der Waals surface area contributed by atoms with Crippen molar-refractivity contribution < 1.29 is 10.2 Å². The molecular weight excluding hydrogens is 404 g/mol. The Morgan fingerprint density at radius 3 is 2.57 bits per heavy atom. The molecular formula is C21H29ClN6O2. The van der Waals surface area contributed by atoms with Gasteiger partial charge in [-0.25, -0.2) is 4.98 Å². The van der Waals surface area contributed by atoms with Gasteiger partial charge in [0.1, 0.15) is 5.75 Å². The average Bonchev–Trinajstić information content (AvgIpc) is 3.10. The first-order chi connectivity index (χ1) is 14.1. The number of hydrogen-bond acceptors (Lipinski definition) is 7. The van der Waals surface area contributed by atoms with E-state index in [1.54, 1.807) is 38.4 Å². The highest BCUT2D eigenvalue weighted by molar-refractivity contribution is 6.30. The third kappa shape index (κ3) is 4.94. The Bertz CT molecular complexity index is 1030. The van der Waals surface area contributed by atoms with E-state index in [1.807, 2.05) is 11.5 Å². The normalized spacial score (nSPS) is 13.1. The minimum absolute atomic E-state index is 0.00776. The van der Waals surface area contributed by atoms with E-state index in [0.717, 1.165) is 0 Å². The summed E-state index contributed by atoms with van der Waals surface area (Å²) < 4.78 is 1.98. The van der Waals surface area contributed by atoms with Gasteiger partial charge in [0, 0.05) is 35.6 Å². The molecule has 162 valence electrons. The van der Waals surface area contributed by atoms with Crippen molar-refractivity contribution in [3.05, 3.63) is 35.1 Å². The number of aliphatic hydroxyl groups is 1. The molecule has 0 aliphatic heterocycles. The van der Waals surface area contributed by atoms with E-state index in [0.29, 0.717) is 46.6 Å². The Morgan fingerprint density at radius 1 is 1.17 bits per heavy atom. The average molecular weight is 433 g/mol. The van der Waals surface area contributed by atoms with Crippen molar-refractivity contribution in [3.8, 4) is 5.75 Å². The van der Waals surface area contributed by atoms with Crippen LogP contribution >= 0.6 is 11.6 Å². The smallest absolute Gasteiger partial charge is 0.226 e. The zero-order valence-electron chi connectivity index (χ0n) is 17.9. The van der Waals surface area contributed by atoms with E-state index in [9.17, 15) is 10.2 Å². The first-order valence-corrected chi connectivity index (χ1v) is 10.4. The molecule has 0 fully saturated rings. The number of phenolic OH excluding ortho intramolecular Hbond substituents is 1. The highest BCUT2D eigenvalue weighted by Crippen LogP contribution is 2.26. The Hall–Kier alpha value is -2.58. The Labute approximate surface area is 181 Å². The highest BCUT2D eigenvalue weighted by Gasteiger charge is 2.23. The SMILES string of the molecule is CC(C)n1cnc2c(NCc3cc(Cl)ccc3O)nc(NCC(C)C(C)(C)O)nc21. The Morgan fingerprint density at radius 2 is 1.90 bits per heavy atom. The van der Waals surface area contributed by atoms with Gasteiger partial charge in [0.05, 0.1) is 11.9 Å². The van der Waals surface area contributed by atoms with E-state index < -0.39 is 5.60 Å². The second-order valence-electron chi connectivity index (χ2n) is 8.38. The van der Waals surface area contributed by atoms with E-state index in [4.69, 9.17) is 11.6 Å². The molecule has 1 unspecified atom stereocenters. The number of nitrogens with one attached hydrogen (secondary N) is 2. The lowest BCUT2D eigenvalue weighted by Crippen LogP contribution is -2.33. The molecule has 0 aliphatic rings. The zero-order valence-corrected chi connectivity index (χ0v) is 18.7. The fraction of sp³-hybridized carbons (Fsp3) is 0.476. The maximum absolute atomic E-state index is 10.2. The number of aromatic hydroxyl groups is 1. The Kier molecular flexibility index (Phi) is 6.38. The maximum Gasteiger partial charge on any atom is 0.226 e. The quantitative estimate of drug-likeness (QED) is 0.422. The third-order valence-corrected chi connectivity index (χ3v) is 5.47. The number of rotatable bonds is 8. The van der Waals surface area contributed by atoms with Gasteiger partial charge in [-0.15, -0.1) is 0 Å². The largest absolute Gasteiger partial charge is 0.508 e. The van der Waals surface area contributed by atoms with Crippen molar-refractivity contribution in [2.24, 2.45) is 5.92 Å². The van der Waals surface area contributed by atoms with Gasteiger partial charge in [-0.3, -0.25) is 0 Å². The van der Waals surface area contributed by atoms with Crippen LogP contribution in [-0.2, 0) is 6.54 Å². The molecule has 0 spiro atoms. The summed E-state index contributed by atoms with van der Waals surface area (Å²) in [7, 11) is 0. The van der Waals surface area contributed by atoms with Crippen molar-refractivity contribution in [1.29, 1.82) is 0 Å². The summed E-state index contributed by atoms with van der Waals surface area (Å²) in [5.74, 6) is 1.14. The molecule has 2 aromatic heterocycles. The zero-order chi connectivity index (χ0) is 22.1. The molecule has 2 heterocycles. The predicted molar refractivity (Wildman–Crippen MR) is 120 cm³/mol. The number of halogens is 1. The Balaban J connectivity index is 1.92. The minimum Gasteiger partial charge on any atom is -0.508 e. The molecule has 30 heavy (non-hydrogen) atoms. The van der Waals surface area contributed by atoms with Gasteiger partial charge < -0.3 is 25.4 Å². The van der Waals surface area contributed by atoms with Crippen LogP contribution in [0.25, 0.3) is 11.2 Å². The summed E-state index contributed by atoms with van der Waals surface area (Å²) in [5, 5.41) is 27.3. The summed E-state index contributed by atoms with van der Waals surface area (Å²) in [5.41, 5.74) is 1.19. The highest BCUT2D eigenvalue weighted by atomic mass is 35.5. The van der Waals surface area contributed by atoms with Crippen molar-refractivity contribution in [2.45, 2.75) is 52.8 Å². The van der Waals surface area contributed by atoms with Gasteiger partial charge in [0.15, 0.2) is 17.0 Å². The summed E-state index contributed by atoms with van der Waals surface area (Å²) in [4.78, 5) is 13.7. The van der Waals surface area contributed by atoms with Crippen LogP contribution in [-0.4, -0.2) is 41.9 Å². The van der Waals surface area contributed by atoms with E-state index in [2.05, 4.69) is 39.4 Å². The number of imidazole rings is 1. The topological polar surface area (TPSA) is 108 Å². The summed E-state index contributed by atoms with van der Waals surface area (Å²) in [6, 6.07) is 5.09. The lowest BCUT2D eigenvalue weighted by Gasteiger charge is -2.26. The minimum atomic E-state index is -0.817. The molecule has 1 aromatic carbocycles. The molecule has 0 saturated heterocycles. The summed E-state index contributed by atoms with van der Waals surface area (Å²) >= 11 is 6.05. The molecule has 1 atom stereocenters. The van der Waals surface area contributed by atoms with Crippen LogP contribution < -0.4 is 10.6 Å². The summed E-state index contributed by atoms with van der Waals surface area (Å²) in [6.45, 7) is 10.5. The number of anilines is 2. The second-order valence-corrected chi connectivity index (χ2v) is 8.81. The molecule has 0 aliphatic carbocycles. The molecule has 3 aromatic rings. The van der Waals surface area contributed by atoms with Crippen LogP contribution in [0.4, 0.5) is 11.8 Å². The van der Waals surface area contributed by atoms with Crippen LogP contribution in [0.3, 0.4) is 0 Å². The number of phenols is 1. The number of nitrogens with zero attached hydrogens (tertiary/aromatic N) is 4. The fourth-order valence-electron chi connectivity index (χ4n) is 2.87. The summed E-state index contributed by atoms with van der Waals surface area (Å²) in [6.07, 6.45) is 1.75. The molecule has 3 rings (SSSR count). The first kappa shape index (κ1) is 22.1. The van der Waals surface area contributed by atoms with E-state index in [1.165, 1.54) is 0 Å². The van der Waals surface area contributed by atoms with Gasteiger partial charge >= 0.3 is 0 Å². The monoisotopic (exact) mass is 432 g/mol. The van der Waals surface area contributed by atoms with Crippen molar-refractivity contribution in [2.75, 3.05) is 17.2 Å². The maximum atomic E-state index is 10.2. The van der Waals surface area contributed by atoms with Crippen molar-refractivity contribution in [1.82, 2.24) is 19.5 Å². The van der Waals surface area contributed by atoms with E-state index in [-0.39, 0.29) is 17.7 Å². The van der Waals surface area contributed by atoms with Gasteiger partial charge in [-0.05, 0) is 45.9 Å². The van der Waals surface area contributed by atoms with Crippen LogP contribution in [0, 0.1) is 5.92 Å². The van der Waals surface area contributed by atoms with Crippen LogP contribution in [0.15, 0.2) is 24.5 Å². The molecule has 0 saturated carbocycles. The molecule has 0 amide bonds. The molecule has 4 N–H and O–H groups in total. The standard InChI is InChI=1S/C21H29ClN6O2/c1-12(2)28-11-25-17-18(23-10-14-8-15(22)6-7-16(14)29)26-20(27-19(17)28)24-9-13(3)21(4,5)30/h6-8,11-13,29-30H,9-10H2,1-5H3,(H2,23,24,26,27). The van der Waals surface area contributed by atoms with Gasteiger partial charge in [0.2, 0.25) is 5.95 Å². The number of aromatic nitrogens is 4. The van der Waals surface area contributed by atoms with Crippen LogP contribution in [0.5, 0.6) is 5.75 Å². The van der Waals surface area contributed by atoms with Gasteiger partial charge in [-0.2, -0.15) is 9.97 Å². The lowest BCUT2D eigenvalue weighted by molar-refractivity contribution is 0.0303. The molecule has 0 bridgehead atoms.